The second-order valence-electron chi connectivity index (χ2n) is 8.41. The molecular formula is C20H31N5O2. The maximum absolute atomic E-state index is 12.6. The Balaban J connectivity index is 1.38. The zero-order valence-corrected chi connectivity index (χ0v) is 16.3. The molecule has 148 valence electrons. The van der Waals surface area contributed by atoms with Gasteiger partial charge in [-0.25, -0.2) is 4.98 Å². The lowest BCUT2D eigenvalue weighted by atomic mass is 9.86. The standard InChI is InChI=1S/C20H31N5O2/c1-14-6-2-3-7-16(14)21-18(26)13-24-11-8-17-15(12-24)19(27)23-20(22-17)25-9-4-5-10-25/h14,16H,2-13H2,1H3,(H,21,26)(H,22,23,27). The summed E-state index contributed by atoms with van der Waals surface area (Å²) in [5.41, 5.74) is 1.58. The molecule has 0 bridgehead atoms. The molecule has 27 heavy (non-hydrogen) atoms. The van der Waals surface area contributed by atoms with Crippen LogP contribution in [-0.4, -0.2) is 53.0 Å². The average Bonchev–Trinajstić information content (AvgIpc) is 3.19. The van der Waals surface area contributed by atoms with Crippen LogP contribution in [0.25, 0.3) is 0 Å². The van der Waals surface area contributed by atoms with Crippen LogP contribution in [0.1, 0.15) is 56.7 Å². The highest BCUT2D eigenvalue weighted by Crippen LogP contribution is 2.24. The molecular weight excluding hydrogens is 342 g/mol. The summed E-state index contributed by atoms with van der Waals surface area (Å²) < 4.78 is 0. The number of hydrogen-bond acceptors (Lipinski definition) is 5. The first kappa shape index (κ1) is 18.5. The van der Waals surface area contributed by atoms with E-state index in [1.807, 2.05) is 0 Å². The highest BCUT2D eigenvalue weighted by molar-refractivity contribution is 5.78. The van der Waals surface area contributed by atoms with E-state index in [0.717, 1.165) is 56.6 Å². The minimum absolute atomic E-state index is 0.0482. The minimum Gasteiger partial charge on any atom is -0.352 e. The van der Waals surface area contributed by atoms with Gasteiger partial charge in [0.25, 0.3) is 5.56 Å². The number of rotatable bonds is 4. The first-order chi connectivity index (χ1) is 13.1. The van der Waals surface area contributed by atoms with Gasteiger partial charge < -0.3 is 10.2 Å². The summed E-state index contributed by atoms with van der Waals surface area (Å²) in [6.45, 7) is 5.80. The molecule has 0 aromatic carbocycles. The fraction of sp³-hybridized carbons (Fsp3) is 0.750. The number of nitrogens with one attached hydrogen (secondary N) is 2. The lowest BCUT2D eigenvalue weighted by Crippen LogP contribution is -2.47. The van der Waals surface area contributed by atoms with Gasteiger partial charge >= 0.3 is 0 Å². The molecule has 7 nitrogen and oxygen atoms in total. The molecule has 1 saturated heterocycles. The Hall–Kier alpha value is -1.89. The zero-order valence-electron chi connectivity index (χ0n) is 16.3. The quantitative estimate of drug-likeness (QED) is 0.834. The molecule has 1 aliphatic carbocycles. The van der Waals surface area contributed by atoms with Crippen LogP contribution in [0.3, 0.4) is 0 Å². The van der Waals surface area contributed by atoms with Gasteiger partial charge in [0, 0.05) is 38.6 Å². The van der Waals surface area contributed by atoms with Crippen LogP contribution in [-0.2, 0) is 17.8 Å². The monoisotopic (exact) mass is 373 g/mol. The zero-order chi connectivity index (χ0) is 18.8. The maximum Gasteiger partial charge on any atom is 0.257 e. The third-order valence-corrected chi connectivity index (χ3v) is 6.37. The van der Waals surface area contributed by atoms with Crippen LogP contribution in [0.5, 0.6) is 0 Å². The van der Waals surface area contributed by atoms with E-state index in [-0.39, 0.29) is 11.5 Å². The SMILES string of the molecule is CC1CCCCC1NC(=O)CN1CCc2nc(N3CCCC3)[nH]c(=O)c2C1. The number of fused-ring (bicyclic) bond motifs is 1. The molecule has 7 heteroatoms. The summed E-state index contributed by atoms with van der Waals surface area (Å²) in [5.74, 6) is 1.35. The number of amides is 1. The lowest BCUT2D eigenvalue weighted by Gasteiger charge is -2.32. The third kappa shape index (κ3) is 4.18. The van der Waals surface area contributed by atoms with Gasteiger partial charge in [-0.2, -0.15) is 0 Å². The van der Waals surface area contributed by atoms with Gasteiger partial charge in [0.2, 0.25) is 11.9 Å². The van der Waals surface area contributed by atoms with Crippen LogP contribution in [0.4, 0.5) is 5.95 Å². The predicted molar refractivity (Wildman–Crippen MR) is 105 cm³/mol. The van der Waals surface area contributed by atoms with Crippen LogP contribution in [0.2, 0.25) is 0 Å². The maximum atomic E-state index is 12.6. The summed E-state index contributed by atoms with van der Waals surface area (Å²) in [7, 11) is 0. The van der Waals surface area contributed by atoms with Crippen molar-refractivity contribution in [3.63, 3.8) is 0 Å². The molecule has 2 fully saturated rings. The Morgan fingerprint density at radius 2 is 1.96 bits per heavy atom. The van der Waals surface area contributed by atoms with E-state index in [1.54, 1.807) is 0 Å². The number of aromatic nitrogens is 2. The summed E-state index contributed by atoms with van der Waals surface area (Å²) >= 11 is 0. The number of nitrogens with zero attached hydrogens (tertiary/aromatic N) is 3. The van der Waals surface area contributed by atoms with Crippen molar-refractivity contribution < 1.29 is 4.79 Å². The summed E-state index contributed by atoms with van der Waals surface area (Å²) in [6.07, 6.45) is 7.79. The first-order valence-corrected chi connectivity index (χ1v) is 10.5. The molecule has 2 N–H and O–H groups in total. The van der Waals surface area contributed by atoms with E-state index < -0.39 is 0 Å². The van der Waals surface area contributed by atoms with Gasteiger partial charge in [-0.15, -0.1) is 0 Å². The number of hydrogen-bond donors (Lipinski definition) is 2. The van der Waals surface area contributed by atoms with E-state index in [4.69, 9.17) is 4.98 Å². The van der Waals surface area contributed by atoms with Crippen LogP contribution in [0.15, 0.2) is 4.79 Å². The Morgan fingerprint density at radius 3 is 2.74 bits per heavy atom. The predicted octanol–water partition coefficient (Wildman–Crippen LogP) is 1.42. The van der Waals surface area contributed by atoms with Crippen LogP contribution in [0, 0.1) is 5.92 Å². The number of anilines is 1. The van der Waals surface area contributed by atoms with Gasteiger partial charge in [-0.3, -0.25) is 19.5 Å². The van der Waals surface area contributed by atoms with E-state index in [9.17, 15) is 9.59 Å². The summed E-state index contributed by atoms with van der Waals surface area (Å²) in [6, 6.07) is 0.302. The molecule has 2 aliphatic heterocycles. The summed E-state index contributed by atoms with van der Waals surface area (Å²) in [4.78, 5) is 37.0. The van der Waals surface area contributed by atoms with Gasteiger partial charge in [0.05, 0.1) is 17.8 Å². The molecule has 1 aromatic heterocycles. The normalized spacial score (nSPS) is 26.0. The van der Waals surface area contributed by atoms with E-state index >= 15 is 0 Å². The van der Waals surface area contributed by atoms with Crippen molar-refractivity contribution in [3.8, 4) is 0 Å². The lowest BCUT2D eigenvalue weighted by molar-refractivity contribution is -0.123. The van der Waals surface area contributed by atoms with Crippen molar-refractivity contribution in [2.45, 2.75) is 64.5 Å². The number of carbonyl (C=O) groups excluding carboxylic acids is 1. The van der Waals surface area contributed by atoms with Crippen LogP contribution >= 0.6 is 0 Å². The highest BCUT2D eigenvalue weighted by atomic mass is 16.2. The van der Waals surface area contributed by atoms with E-state index in [0.29, 0.717) is 31.0 Å². The molecule has 0 spiro atoms. The molecule has 4 rings (SSSR count). The Morgan fingerprint density at radius 1 is 1.19 bits per heavy atom. The van der Waals surface area contributed by atoms with E-state index in [1.165, 1.54) is 19.3 Å². The molecule has 2 unspecified atom stereocenters. The van der Waals surface area contributed by atoms with E-state index in [2.05, 4.69) is 27.0 Å². The second kappa shape index (κ2) is 8.00. The Labute approximate surface area is 160 Å². The average molecular weight is 374 g/mol. The van der Waals surface area contributed by atoms with Crippen molar-refractivity contribution in [1.29, 1.82) is 0 Å². The van der Waals surface area contributed by atoms with Gasteiger partial charge in [-0.05, 0) is 31.6 Å². The van der Waals surface area contributed by atoms with Crippen LogP contribution < -0.4 is 15.8 Å². The molecule has 0 radical (unpaired) electrons. The molecule has 3 heterocycles. The minimum atomic E-state index is -0.0482. The second-order valence-corrected chi connectivity index (χ2v) is 8.41. The van der Waals surface area contributed by atoms with Crippen molar-refractivity contribution in [2.24, 2.45) is 5.92 Å². The molecule has 2 atom stereocenters. The van der Waals surface area contributed by atoms with Crippen molar-refractivity contribution in [2.75, 3.05) is 31.1 Å². The molecule has 1 amide bonds. The Bertz CT molecular complexity index is 740. The van der Waals surface area contributed by atoms with Gasteiger partial charge in [0.1, 0.15) is 0 Å². The molecule has 1 aromatic rings. The fourth-order valence-electron chi connectivity index (χ4n) is 4.67. The molecule has 1 saturated carbocycles. The highest BCUT2D eigenvalue weighted by Gasteiger charge is 2.27. The van der Waals surface area contributed by atoms with Gasteiger partial charge in [-0.1, -0.05) is 19.8 Å². The van der Waals surface area contributed by atoms with Gasteiger partial charge in [0.15, 0.2) is 0 Å². The molecule has 3 aliphatic rings. The van der Waals surface area contributed by atoms with Crippen molar-refractivity contribution in [3.05, 3.63) is 21.6 Å². The smallest absolute Gasteiger partial charge is 0.257 e. The number of carbonyl (C=O) groups is 1. The fourth-order valence-corrected chi connectivity index (χ4v) is 4.67. The third-order valence-electron chi connectivity index (χ3n) is 6.37. The Kier molecular flexibility index (Phi) is 5.48. The van der Waals surface area contributed by atoms with Crippen molar-refractivity contribution >= 4 is 11.9 Å². The number of aromatic amines is 1. The number of H-pyrrole nitrogens is 1. The first-order valence-electron chi connectivity index (χ1n) is 10.5. The topological polar surface area (TPSA) is 81.3 Å². The van der Waals surface area contributed by atoms with Crippen molar-refractivity contribution in [1.82, 2.24) is 20.2 Å². The summed E-state index contributed by atoms with van der Waals surface area (Å²) in [5, 5.41) is 3.21. The largest absolute Gasteiger partial charge is 0.352 e.